The van der Waals surface area contributed by atoms with E-state index in [-0.39, 0.29) is 6.61 Å². The zero-order chi connectivity index (χ0) is 11.5. The number of aliphatic hydroxyl groups excluding tert-OH is 2. The number of unbranched alkanes of at least 4 members (excludes halogenated alkanes) is 1. The Labute approximate surface area is 97.7 Å². The smallest absolute Gasteiger partial charge is 0.0861 e. The average molecular weight is 235 g/mol. The molecule has 15 heavy (non-hydrogen) atoms. The predicted octanol–water partition coefficient (Wildman–Crippen LogP) is 1.24. The largest absolute Gasteiger partial charge is 0.394 e. The van der Waals surface area contributed by atoms with Crippen LogP contribution >= 0.6 is 11.8 Å². The molecule has 0 bridgehead atoms. The molecule has 0 aromatic carbocycles. The molecule has 0 fully saturated rings. The number of rotatable bonds is 10. The zero-order valence-corrected chi connectivity index (χ0v) is 10.7. The van der Waals surface area contributed by atoms with Crippen LogP contribution in [-0.4, -0.2) is 47.0 Å². The summed E-state index contributed by atoms with van der Waals surface area (Å²) in [4.78, 5) is 0. The topological polar surface area (TPSA) is 52.5 Å². The van der Waals surface area contributed by atoms with E-state index in [2.05, 4.69) is 19.2 Å². The van der Waals surface area contributed by atoms with Crippen molar-refractivity contribution in [2.45, 2.75) is 45.3 Å². The van der Waals surface area contributed by atoms with E-state index in [4.69, 9.17) is 10.2 Å². The van der Waals surface area contributed by atoms with Gasteiger partial charge < -0.3 is 15.5 Å². The fraction of sp³-hybridized carbons (Fsp3) is 1.00. The van der Waals surface area contributed by atoms with Crippen molar-refractivity contribution < 1.29 is 10.2 Å². The maximum atomic E-state index is 9.09. The van der Waals surface area contributed by atoms with Crippen LogP contribution < -0.4 is 5.32 Å². The van der Waals surface area contributed by atoms with Crippen molar-refractivity contribution in [2.75, 3.05) is 24.7 Å². The molecule has 0 spiro atoms. The van der Waals surface area contributed by atoms with E-state index in [1.165, 1.54) is 19.3 Å². The molecular weight excluding hydrogens is 210 g/mol. The van der Waals surface area contributed by atoms with Crippen LogP contribution in [0, 0.1) is 0 Å². The Morgan fingerprint density at radius 1 is 1.33 bits per heavy atom. The second-order valence-corrected chi connectivity index (χ2v) is 5.02. The summed E-state index contributed by atoms with van der Waals surface area (Å²) in [5, 5.41) is 21.1. The molecule has 0 saturated carbocycles. The van der Waals surface area contributed by atoms with Crippen molar-refractivity contribution in [3.8, 4) is 0 Å². The van der Waals surface area contributed by atoms with Crippen LogP contribution in [0.3, 0.4) is 0 Å². The van der Waals surface area contributed by atoms with E-state index < -0.39 is 6.10 Å². The second-order valence-electron chi connectivity index (χ2n) is 3.87. The van der Waals surface area contributed by atoms with Crippen LogP contribution in [0.4, 0.5) is 0 Å². The van der Waals surface area contributed by atoms with Crippen molar-refractivity contribution >= 4 is 11.8 Å². The molecule has 0 aromatic heterocycles. The molecule has 0 saturated heterocycles. The van der Waals surface area contributed by atoms with Crippen molar-refractivity contribution in [1.82, 2.24) is 5.32 Å². The molecule has 0 aliphatic heterocycles. The second kappa shape index (κ2) is 10.7. The third-order valence-electron chi connectivity index (χ3n) is 2.25. The molecule has 0 heterocycles. The summed E-state index contributed by atoms with van der Waals surface area (Å²) < 4.78 is 0. The number of hydrogen-bond donors (Lipinski definition) is 3. The summed E-state index contributed by atoms with van der Waals surface area (Å²) in [5.41, 5.74) is 0. The van der Waals surface area contributed by atoms with Gasteiger partial charge in [-0.05, 0) is 32.1 Å². The Hall–Kier alpha value is 0.230. The molecule has 4 heteroatoms. The van der Waals surface area contributed by atoms with Gasteiger partial charge in [0.2, 0.25) is 0 Å². The summed E-state index contributed by atoms with van der Waals surface area (Å²) in [6.45, 7) is 5.26. The first kappa shape index (κ1) is 15.2. The molecule has 0 amide bonds. The summed E-state index contributed by atoms with van der Waals surface area (Å²) in [6.07, 6.45) is 3.10. The van der Waals surface area contributed by atoms with Crippen LogP contribution in [0.1, 0.15) is 33.1 Å². The Morgan fingerprint density at radius 3 is 2.67 bits per heavy atom. The van der Waals surface area contributed by atoms with Gasteiger partial charge in [-0.15, -0.1) is 0 Å². The molecule has 2 unspecified atom stereocenters. The Morgan fingerprint density at radius 2 is 2.07 bits per heavy atom. The minimum atomic E-state index is -0.546. The van der Waals surface area contributed by atoms with E-state index in [0.29, 0.717) is 11.8 Å². The van der Waals surface area contributed by atoms with Gasteiger partial charge in [-0.25, -0.2) is 0 Å². The Kier molecular flexibility index (Phi) is 10.9. The molecule has 2 atom stereocenters. The summed E-state index contributed by atoms with van der Waals surface area (Å²) in [7, 11) is 0. The van der Waals surface area contributed by atoms with Crippen molar-refractivity contribution in [3.63, 3.8) is 0 Å². The predicted molar refractivity (Wildman–Crippen MR) is 67.4 cm³/mol. The summed E-state index contributed by atoms with van der Waals surface area (Å²) >= 11 is 1.72. The standard InChI is InChI=1S/C11H25NO2S/c1-3-12-10(2)6-4-5-7-15-9-11(14)8-13/h10-14H,3-9H2,1-2H3. The molecule has 92 valence electrons. The van der Waals surface area contributed by atoms with Gasteiger partial charge in [0.1, 0.15) is 0 Å². The van der Waals surface area contributed by atoms with Gasteiger partial charge in [-0.2, -0.15) is 11.8 Å². The Balaban J connectivity index is 3.11. The molecule has 3 nitrogen and oxygen atoms in total. The van der Waals surface area contributed by atoms with Gasteiger partial charge in [0, 0.05) is 11.8 Å². The van der Waals surface area contributed by atoms with Crippen LogP contribution in [0.15, 0.2) is 0 Å². The fourth-order valence-corrected chi connectivity index (χ4v) is 2.33. The van der Waals surface area contributed by atoms with E-state index >= 15 is 0 Å². The number of thioether (sulfide) groups is 1. The van der Waals surface area contributed by atoms with Gasteiger partial charge in [0.25, 0.3) is 0 Å². The first-order valence-electron chi connectivity index (χ1n) is 5.80. The van der Waals surface area contributed by atoms with Gasteiger partial charge in [0.05, 0.1) is 12.7 Å². The number of hydrogen-bond acceptors (Lipinski definition) is 4. The lowest BCUT2D eigenvalue weighted by atomic mass is 10.1. The van der Waals surface area contributed by atoms with Crippen molar-refractivity contribution in [1.29, 1.82) is 0 Å². The Bertz CT molecular complexity index is 136. The maximum Gasteiger partial charge on any atom is 0.0861 e. The third-order valence-corrected chi connectivity index (χ3v) is 3.45. The molecule has 0 rings (SSSR count). The molecule has 3 N–H and O–H groups in total. The van der Waals surface area contributed by atoms with Gasteiger partial charge >= 0.3 is 0 Å². The average Bonchev–Trinajstić information content (AvgIpc) is 2.23. The van der Waals surface area contributed by atoms with Crippen LogP contribution in [-0.2, 0) is 0 Å². The number of nitrogens with one attached hydrogen (secondary N) is 1. The van der Waals surface area contributed by atoms with Gasteiger partial charge in [-0.1, -0.05) is 13.3 Å². The van der Waals surface area contributed by atoms with Crippen molar-refractivity contribution in [3.05, 3.63) is 0 Å². The lowest BCUT2D eigenvalue weighted by Crippen LogP contribution is -2.25. The third kappa shape index (κ3) is 10.5. The molecular formula is C11H25NO2S. The fourth-order valence-electron chi connectivity index (χ4n) is 1.38. The maximum absolute atomic E-state index is 9.09. The van der Waals surface area contributed by atoms with Gasteiger partial charge in [-0.3, -0.25) is 0 Å². The minimum Gasteiger partial charge on any atom is -0.394 e. The summed E-state index contributed by atoms with van der Waals surface area (Å²) in [6, 6.07) is 0.614. The van der Waals surface area contributed by atoms with E-state index in [0.717, 1.165) is 12.3 Å². The van der Waals surface area contributed by atoms with Crippen LogP contribution in [0.25, 0.3) is 0 Å². The summed E-state index contributed by atoms with van der Waals surface area (Å²) in [5.74, 6) is 1.73. The van der Waals surface area contributed by atoms with Crippen LogP contribution in [0.5, 0.6) is 0 Å². The zero-order valence-electron chi connectivity index (χ0n) is 9.91. The van der Waals surface area contributed by atoms with Gasteiger partial charge in [0.15, 0.2) is 0 Å². The first-order chi connectivity index (χ1) is 7.20. The minimum absolute atomic E-state index is 0.121. The normalized spacial score (nSPS) is 15.2. The highest BCUT2D eigenvalue weighted by atomic mass is 32.2. The monoisotopic (exact) mass is 235 g/mol. The van der Waals surface area contributed by atoms with E-state index in [1.807, 2.05) is 0 Å². The highest BCUT2D eigenvalue weighted by molar-refractivity contribution is 7.99. The first-order valence-corrected chi connectivity index (χ1v) is 6.96. The van der Waals surface area contributed by atoms with Crippen molar-refractivity contribution in [2.24, 2.45) is 0 Å². The molecule has 0 radical (unpaired) electrons. The van der Waals surface area contributed by atoms with Crippen LogP contribution in [0.2, 0.25) is 0 Å². The highest BCUT2D eigenvalue weighted by Gasteiger charge is 2.02. The molecule has 0 aromatic rings. The quantitative estimate of drug-likeness (QED) is 0.499. The van der Waals surface area contributed by atoms with E-state index in [9.17, 15) is 0 Å². The lowest BCUT2D eigenvalue weighted by molar-refractivity contribution is 0.113. The molecule has 0 aliphatic carbocycles. The lowest BCUT2D eigenvalue weighted by Gasteiger charge is -2.11. The highest BCUT2D eigenvalue weighted by Crippen LogP contribution is 2.09. The SMILES string of the molecule is CCNC(C)CCCCSCC(O)CO. The van der Waals surface area contributed by atoms with E-state index in [1.54, 1.807) is 11.8 Å². The number of aliphatic hydroxyl groups is 2. The molecule has 0 aliphatic rings.